The van der Waals surface area contributed by atoms with Gasteiger partial charge >= 0.3 is 0 Å². The van der Waals surface area contributed by atoms with Crippen LogP contribution in [-0.4, -0.2) is 28.7 Å². The fraction of sp³-hybridized carbons (Fsp3) is 0.440. The molecule has 0 aliphatic carbocycles. The van der Waals surface area contributed by atoms with E-state index in [1.807, 2.05) is 45.0 Å². The summed E-state index contributed by atoms with van der Waals surface area (Å²) in [5.74, 6) is 0.286. The second-order valence-corrected chi connectivity index (χ2v) is 9.24. The van der Waals surface area contributed by atoms with E-state index in [1.54, 1.807) is 0 Å². The smallest absolute Gasteiger partial charge is 0.254 e. The van der Waals surface area contributed by atoms with Crippen molar-refractivity contribution in [3.63, 3.8) is 0 Å². The summed E-state index contributed by atoms with van der Waals surface area (Å²) in [5, 5.41) is 4.49. The van der Waals surface area contributed by atoms with E-state index in [0.717, 1.165) is 53.9 Å². The first-order chi connectivity index (χ1) is 15.3. The number of benzene rings is 1. The molecule has 1 saturated heterocycles. The van der Waals surface area contributed by atoms with Gasteiger partial charge in [0.1, 0.15) is 0 Å². The Balaban J connectivity index is 1.70. The lowest BCUT2D eigenvalue weighted by molar-refractivity contribution is 0.0517. The summed E-state index contributed by atoms with van der Waals surface area (Å²) in [7, 11) is 0. The van der Waals surface area contributed by atoms with Crippen LogP contribution in [0, 0.1) is 26.7 Å². The Kier molecular flexibility index (Phi) is 6.45. The maximum atomic E-state index is 13.3. The zero-order valence-electron chi connectivity index (χ0n) is 19.0. The fourth-order valence-corrected chi connectivity index (χ4v) is 5.16. The third kappa shape index (κ3) is 4.21. The first kappa shape index (κ1) is 22.6. The number of carbonyl (C=O) groups excluding carboxylic acids is 1. The number of carbonyl (C=O) groups is 1. The van der Waals surface area contributed by atoms with Crippen LogP contribution in [-0.2, 0) is 11.3 Å². The summed E-state index contributed by atoms with van der Waals surface area (Å²) >= 11 is 6.34. The lowest BCUT2D eigenvalue weighted by Gasteiger charge is -2.30. The molecule has 170 valence electrons. The minimum atomic E-state index is -0.188. The molecule has 0 bridgehead atoms. The van der Waals surface area contributed by atoms with E-state index in [-0.39, 0.29) is 24.1 Å². The number of hydrogen-bond donors (Lipinski definition) is 2. The van der Waals surface area contributed by atoms with Gasteiger partial charge in [-0.15, -0.1) is 0 Å². The van der Waals surface area contributed by atoms with Gasteiger partial charge in [0, 0.05) is 53.2 Å². The van der Waals surface area contributed by atoms with Gasteiger partial charge in [0.2, 0.25) is 0 Å². The largest absolute Gasteiger partial charge is 0.381 e. The maximum absolute atomic E-state index is 13.3. The van der Waals surface area contributed by atoms with Crippen LogP contribution in [0.15, 0.2) is 29.1 Å². The van der Waals surface area contributed by atoms with E-state index < -0.39 is 0 Å². The van der Waals surface area contributed by atoms with E-state index in [1.165, 1.54) is 0 Å². The van der Waals surface area contributed by atoms with Gasteiger partial charge in [-0.1, -0.05) is 17.7 Å². The standard InChI is InChI=1S/C25H30ClN3O3/c1-14-11-15(2)28-24(30)21(14)13-27-25(31)23-17(4)29(16(3)18-7-9-32-10-8-18)22-12-19(26)5-6-20(22)23/h5-6,11-12,16,18H,7-10,13H2,1-4H3,(H,27,31)(H,28,30)/t16-/m0/s1. The van der Waals surface area contributed by atoms with Crippen molar-refractivity contribution in [3.8, 4) is 0 Å². The number of aryl methyl sites for hydroxylation is 2. The highest BCUT2D eigenvalue weighted by molar-refractivity contribution is 6.31. The highest BCUT2D eigenvalue weighted by Crippen LogP contribution is 2.36. The molecule has 1 amide bonds. The predicted octanol–water partition coefficient (Wildman–Crippen LogP) is 4.83. The summed E-state index contributed by atoms with van der Waals surface area (Å²) in [6, 6.07) is 7.79. The number of aromatic nitrogens is 2. The van der Waals surface area contributed by atoms with Crippen LogP contribution in [0.4, 0.5) is 0 Å². The summed E-state index contributed by atoms with van der Waals surface area (Å²) < 4.78 is 7.79. The van der Waals surface area contributed by atoms with Crippen LogP contribution in [0.5, 0.6) is 0 Å². The average molecular weight is 456 g/mol. The van der Waals surface area contributed by atoms with Crippen LogP contribution >= 0.6 is 11.6 Å². The molecule has 2 N–H and O–H groups in total. The molecule has 3 heterocycles. The monoisotopic (exact) mass is 455 g/mol. The number of hydrogen-bond acceptors (Lipinski definition) is 3. The summed E-state index contributed by atoms with van der Waals surface area (Å²) in [6.07, 6.45) is 2.00. The second-order valence-electron chi connectivity index (χ2n) is 8.81. The molecule has 0 unspecified atom stereocenters. The predicted molar refractivity (Wildman–Crippen MR) is 128 cm³/mol. The Morgan fingerprint density at radius 3 is 2.66 bits per heavy atom. The molecule has 32 heavy (non-hydrogen) atoms. The number of halogens is 1. The molecule has 6 nitrogen and oxygen atoms in total. The van der Waals surface area contributed by atoms with Gasteiger partial charge in [-0.3, -0.25) is 9.59 Å². The number of aromatic amines is 1. The van der Waals surface area contributed by atoms with Gasteiger partial charge in [0.25, 0.3) is 11.5 Å². The minimum Gasteiger partial charge on any atom is -0.381 e. The fourth-order valence-electron chi connectivity index (χ4n) is 4.99. The van der Waals surface area contributed by atoms with Crippen LogP contribution in [0.3, 0.4) is 0 Å². The Hall–Kier alpha value is -2.57. The lowest BCUT2D eigenvalue weighted by Crippen LogP contribution is -2.28. The van der Waals surface area contributed by atoms with Crippen molar-refractivity contribution < 1.29 is 9.53 Å². The van der Waals surface area contributed by atoms with Gasteiger partial charge in [-0.2, -0.15) is 0 Å². The number of amides is 1. The van der Waals surface area contributed by atoms with Crippen LogP contribution < -0.4 is 10.9 Å². The molecular formula is C25H30ClN3O3. The molecule has 4 rings (SSSR count). The molecule has 2 aromatic heterocycles. The quantitative estimate of drug-likeness (QED) is 0.578. The molecule has 7 heteroatoms. The highest BCUT2D eigenvalue weighted by atomic mass is 35.5. The Morgan fingerprint density at radius 2 is 1.97 bits per heavy atom. The molecule has 1 aliphatic heterocycles. The number of H-pyrrole nitrogens is 1. The number of nitrogens with zero attached hydrogens (tertiary/aromatic N) is 1. The summed E-state index contributed by atoms with van der Waals surface area (Å²) in [4.78, 5) is 28.5. The minimum absolute atomic E-state index is 0.165. The van der Waals surface area contributed by atoms with Crippen molar-refractivity contribution in [2.24, 2.45) is 5.92 Å². The zero-order chi connectivity index (χ0) is 23.0. The first-order valence-corrected chi connectivity index (χ1v) is 11.5. The lowest BCUT2D eigenvalue weighted by atomic mass is 9.92. The molecule has 0 spiro atoms. The van der Waals surface area contributed by atoms with E-state index in [4.69, 9.17) is 16.3 Å². The van der Waals surface area contributed by atoms with E-state index in [9.17, 15) is 9.59 Å². The van der Waals surface area contributed by atoms with Crippen molar-refractivity contribution in [2.45, 2.75) is 53.1 Å². The average Bonchev–Trinajstić information content (AvgIpc) is 3.03. The third-order valence-corrected chi connectivity index (χ3v) is 6.95. The van der Waals surface area contributed by atoms with Crippen LogP contribution in [0.1, 0.15) is 58.7 Å². The molecule has 0 saturated carbocycles. The number of fused-ring (bicyclic) bond motifs is 1. The van der Waals surface area contributed by atoms with Gasteiger partial charge in [0.05, 0.1) is 11.1 Å². The van der Waals surface area contributed by atoms with Crippen molar-refractivity contribution in [2.75, 3.05) is 13.2 Å². The second kappa shape index (κ2) is 9.12. The third-order valence-electron chi connectivity index (χ3n) is 6.71. The molecule has 0 radical (unpaired) electrons. The number of nitrogens with one attached hydrogen (secondary N) is 2. The van der Waals surface area contributed by atoms with E-state index in [0.29, 0.717) is 22.1 Å². The molecular weight excluding hydrogens is 426 g/mol. The molecule has 3 aromatic rings. The van der Waals surface area contributed by atoms with Crippen molar-refractivity contribution >= 4 is 28.4 Å². The van der Waals surface area contributed by atoms with Gasteiger partial charge in [-0.25, -0.2) is 0 Å². The van der Waals surface area contributed by atoms with Gasteiger partial charge in [-0.05, 0) is 70.2 Å². The Morgan fingerprint density at radius 1 is 1.25 bits per heavy atom. The number of ether oxygens (including phenoxy) is 1. The van der Waals surface area contributed by atoms with Gasteiger partial charge in [0.15, 0.2) is 0 Å². The van der Waals surface area contributed by atoms with Crippen LogP contribution in [0.2, 0.25) is 5.02 Å². The Labute approximate surface area is 192 Å². The summed E-state index contributed by atoms with van der Waals surface area (Å²) in [5.41, 5.74) is 4.59. The maximum Gasteiger partial charge on any atom is 0.254 e. The Bertz CT molecular complexity index is 1220. The molecule has 1 aliphatic rings. The molecule has 1 fully saturated rings. The normalized spacial score (nSPS) is 15.8. The SMILES string of the molecule is Cc1cc(C)c(CNC(=O)c2c(C)n([C@@H](C)C3CCOCC3)c3cc(Cl)ccc23)c(=O)[nH]1. The topological polar surface area (TPSA) is 76.1 Å². The van der Waals surface area contributed by atoms with Crippen molar-refractivity contribution in [1.82, 2.24) is 14.9 Å². The van der Waals surface area contributed by atoms with Crippen molar-refractivity contribution in [1.29, 1.82) is 0 Å². The van der Waals surface area contributed by atoms with Crippen LogP contribution in [0.25, 0.3) is 10.9 Å². The van der Waals surface area contributed by atoms with Gasteiger partial charge < -0.3 is 19.6 Å². The first-order valence-electron chi connectivity index (χ1n) is 11.1. The van der Waals surface area contributed by atoms with E-state index in [2.05, 4.69) is 21.8 Å². The summed E-state index contributed by atoms with van der Waals surface area (Å²) in [6.45, 7) is 9.65. The molecule has 1 atom stereocenters. The highest BCUT2D eigenvalue weighted by Gasteiger charge is 2.28. The molecule has 1 aromatic carbocycles. The number of pyridine rings is 1. The zero-order valence-corrected chi connectivity index (χ0v) is 19.8. The van der Waals surface area contributed by atoms with Crippen molar-refractivity contribution in [3.05, 3.63) is 67.7 Å². The van der Waals surface area contributed by atoms with E-state index >= 15 is 0 Å². The number of rotatable bonds is 5.